The van der Waals surface area contributed by atoms with Crippen molar-refractivity contribution < 1.29 is 4.79 Å². The first kappa shape index (κ1) is 8.25. The molecular weight excluding hydrogens is 136 g/mol. The molecule has 1 saturated carbocycles. The number of hydrogen-bond donors (Lipinski definition) is 0. The van der Waals surface area contributed by atoms with Crippen LogP contribution in [0.1, 0.15) is 20.3 Å². The van der Waals surface area contributed by atoms with Crippen molar-refractivity contribution in [2.75, 3.05) is 0 Å². The Labute approximate surface area is 67.8 Å². The van der Waals surface area contributed by atoms with Crippen LogP contribution in [-0.4, -0.2) is 5.78 Å². The average molecular weight is 150 g/mol. The zero-order valence-electron chi connectivity index (χ0n) is 7.13. The van der Waals surface area contributed by atoms with Crippen LogP contribution in [0.25, 0.3) is 0 Å². The minimum Gasteiger partial charge on any atom is -0.300 e. The lowest BCUT2D eigenvalue weighted by molar-refractivity contribution is -0.118. The van der Waals surface area contributed by atoms with Gasteiger partial charge in [-0.05, 0) is 26.2 Å². The van der Waals surface area contributed by atoms with Gasteiger partial charge in [-0.2, -0.15) is 0 Å². The van der Waals surface area contributed by atoms with Crippen molar-refractivity contribution >= 4 is 5.78 Å². The van der Waals surface area contributed by atoms with Crippen molar-refractivity contribution in [1.82, 2.24) is 0 Å². The molecule has 0 amide bonds. The SMILES string of the molecule is C=C/C=C(\C)[C@H]1CC1C(C)=O. The molecule has 0 spiro atoms. The summed E-state index contributed by atoms with van der Waals surface area (Å²) in [5.41, 5.74) is 1.29. The fourth-order valence-corrected chi connectivity index (χ4v) is 1.46. The third-order valence-corrected chi connectivity index (χ3v) is 2.28. The second kappa shape index (κ2) is 3.04. The van der Waals surface area contributed by atoms with Crippen molar-refractivity contribution in [3.8, 4) is 0 Å². The smallest absolute Gasteiger partial charge is 0.133 e. The molecule has 60 valence electrons. The van der Waals surface area contributed by atoms with Gasteiger partial charge in [0.05, 0.1) is 0 Å². The van der Waals surface area contributed by atoms with Gasteiger partial charge in [0.25, 0.3) is 0 Å². The van der Waals surface area contributed by atoms with E-state index in [1.165, 1.54) is 5.57 Å². The van der Waals surface area contributed by atoms with Gasteiger partial charge in [0.2, 0.25) is 0 Å². The summed E-state index contributed by atoms with van der Waals surface area (Å²) in [5.74, 6) is 1.16. The first-order valence-electron chi connectivity index (χ1n) is 3.96. The molecule has 0 aliphatic heterocycles. The summed E-state index contributed by atoms with van der Waals surface area (Å²) in [4.78, 5) is 10.9. The van der Waals surface area contributed by atoms with Crippen molar-refractivity contribution in [3.63, 3.8) is 0 Å². The Kier molecular flexibility index (Phi) is 2.28. The summed E-state index contributed by atoms with van der Waals surface area (Å²) in [6, 6.07) is 0. The van der Waals surface area contributed by atoms with Gasteiger partial charge < -0.3 is 0 Å². The third-order valence-electron chi connectivity index (χ3n) is 2.28. The fraction of sp³-hybridized carbons (Fsp3) is 0.500. The molecule has 0 aromatic carbocycles. The molecule has 1 unspecified atom stereocenters. The zero-order valence-corrected chi connectivity index (χ0v) is 7.13. The first-order chi connectivity index (χ1) is 5.16. The molecule has 0 saturated heterocycles. The van der Waals surface area contributed by atoms with Crippen LogP contribution in [0.4, 0.5) is 0 Å². The van der Waals surface area contributed by atoms with E-state index >= 15 is 0 Å². The van der Waals surface area contributed by atoms with Crippen LogP contribution >= 0.6 is 0 Å². The van der Waals surface area contributed by atoms with E-state index in [0.29, 0.717) is 17.6 Å². The van der Waals surface area contributed by atoms with Gasteiger partial charge in [-0.1, -0.05) is 24.3 Å². The third kappa shape index (κ3) is 1.79. The molecule has 0 radical (unpaired) electrons. The van der Waals surface area contributed by atoms with E-state index in [9.17, 15) is 4.79 Å². The van der Waals surface area contributed by atoms with Crippen LogP contribution in [-0.2, 0) is 4.79 Å². The molecule has 1 heteroatoms. The predicted octanol–water partition coefficient (Wildman–Crippen LogP) is 2.34. The van der Waals surface area contributed by atoms with Gasteiger partial charge in [0, 0.05) is 5.92 Å². The standard InChI is InChI=1S/C10H14O/c1-4-5-7(2)9-6-10(9)8(3)11/h4-5,9-10H,1,6H2,2-3H3/b7-5+/t9-,10?/m1/s1. The monoisotopic (exact) mass is 150 g/mol. The van der Waals surface area contributed by atoms with E-state index in [2.05, 4.69) is 13.5 Å². The number of ketones is 1. The van der Waals surface area contributed by atoms with E-state index in [4.69, 9.17) is 0 Å². The minimum atomic E-state index is 0.311. The maximum Gasteiger partial charge on any atom is 0.133 e. The summed E-state index contributed by atoms with van der Waals surface area (Å²) in [7, 11) is 0. The largest absolute Gasteiger partial charge is 0.300 e. The molecule has 1 nitrogen and oxygen atoms in total. The predicted molar refractivity (Wildman–Crippen MR) is 46.2 cm³/mol. The second-order valence-corrected chi connectivity index (χ2v) is 3.21. The van der Waals surface area contributed by atoms with Crippen molar-refractivity contribution in [2.45, 2.75) is 20.3 Å². The van der Waals surface area contributed by atoms with Crippen LogP contribution in [0, 0.1) is 11.8 Å². The molecule has 1 aliphatic carbocycles. The van der Waals surface area contributed by atoms with E-state index in [1.54, 1.807) is 13.0 Å². The Morgan fingerprint density at radius 2 is 2.09 bits per heavy atom. The van der Waals surface area contributed by atoms with Crippen molar-refractivity contribution in [2.24, 2.45) is 11.8 Å². The lowest BCUT2D eigenvalue weighted by Gasteiger charge is -1.94. The molecule has 0 heterocycles. The Morgan fingerprint density at radius 1 is 1.45 bits per heavy atom. The Morgan fingerprint density at radius 3 is 2.45 bits per heavy atom. The summed E-state index contributed by atoms with van der Waals surface area (Å²) >= 11 is 0. The van der Waals surface area contributed by atoms with Gasteiger partial charge in [-0.3, -0.25) is 4.79 Å². The van der Waals surface area contributed by atoms with Crippen LogP contribution in [0.2, 0.25) is 0 Å². The molecule has 1 aliphatic rings. The summed E-state index contributed by atoms with van der Waals surface area (Å²) in [6.45, 7) is 7.36. The quantitative estimate of drug-likeness (QED) is 0.564. The topological polar surface area (TPSA) is 17.1 Å². The highest BCUT2D eigenvalue weighted by Gasteiger charge is 2.41. The van der Waals surface area contributed by atoms with Crippen LogP contribution in [0.5, 0.6) is 0 Å². The van der Waals surface area contributed by atoms with E-state index in [0.717, 1.165) is 6.42 Å². The molecule has 0 aromatic rings. The normalized spacial score (nSPS) is 29.8. The number of allylic oxidation sites excluding steroid dienone is 3. The number of carbonyl (C=O) groups excluding carboxylic acids is 1. The average Bonchev–Trinajstić information content (AvgIpc) is 2.65. The highest BCUT2D eigenvalue weighted by molar-refractivity contribution is 5.81. The van der Waals surface area contributed by atoms with Crippen molar-refractivity contribution in [1.29, 1.82) is 0 Å². The van der Waals surface area contributed by atoms with Gasteiger partial charge in [-0.15, -0.1) is 0 Å². The number of rotatable bonds is 3. The Balaban J connectivity index is 2.49. The molecule has 2 atom stereocenters. The van der Waals surface area contributed by atoms with Gasteiger partial charge in [0.1, 0.15) is 5.78 Å². The fourth-order valence-electron chi connectivity index (χ4n) is 1.46. The van der Waals surface area contributed by atoms with Crippen LogP contribution < -0.4 is 0 Å². The second-order valence-electron chi connectivity index (χ2n) is 3.21. The molecule has 11 heavy (non-hydrogen) atoms. The van der Waals surface area contributed by atoms with E-state index < -0.39 is 0 Å². The first-order valence-corrected chi connectivity index (χ1v) is 3.96. The Hall–Kier alpha value is -0.850. The summed E-state index contributed by atoms with van der Waals surface area (Å²) in [6.07, 6.45) is 4.82. The maximum atomic E-state index is 10.9. The highest BCUT2D eigenvalue weighted by Crippen LogP contribution is 2.44. The van der Waals surface area contributed by atoms with Gasteiger partial charge in [-0.25, -0.2) is 0 Å². The molecule has 1 fully saturated rings. The van der Waals surface area contributed by atoms with Crippen LogP contribution in [0.3, 0.4) is 0 Å². The summed E-state index contributed by atoms with van der Waals surface area (Å²) in [5, 5.41) is 0. The lowest BCUT2D eigenvalue weighted by atomic mass is 10.1. The number of hydrogen-bond acceptors (Lipinski definition) is 1. The van der Waals surface area contributed by atoms with Gasteiger partial charge >= 0.3 is 0 Å². The van der Waals surface area contributed by atoms with E-state index in [1.807, 2.05) is 6.08 Å². The number of carbonyl (C=O) groups is 1. The highest BCUT2D eigenvalue weighted by atomic mass is 16.1. The number of Topliss-reactive ketones (excluding diaryl/α,β-unsaturated/α-hetero) is 1. The maximum absolute atomic E-state index is 10.9. The van der Waals surface area contributed by atoms with Crippen molar-refractivity contribution in [3.05, 3.63) is 24.3 Å². The molecule has 0 bridgehead atoms. The van der Waals surface area contributed by atoms with Crippen LogP contribution in [0.15, 0.2) is 24.3 Å². The molecule has 0 N–H and O–H groups in total. The lowest BCUT2D eigenvalue weighted by Crippen LogP contribution is -1.95. The van der Waals surface area contributed by atoms with E-state index in [-0.39, 0.29) is 0 Å². The zero-order chi connectivity index (χ0) is 8.43. The Bertz CT molecular complexity index is 213. The molecule has 0 aromatic heterocycles. The van der Waals surface area contributed by atoms with Gasteiger partial charge in [0.15, 0.2) is 0 Å². The molecule has 1 rings (SSSR count). The summed E-state index contributed by atoms with van der Waals surface area (Å²) < 4.78 is 0. The minimum absolute atomic E-state index is 0.311. The molecular formula is C10H14O.